The van der Waals surface area contributed by atoms with E-state index in [-0.39, 0.29) is 12.5 Å². The number of aromatic amines is 1. The van der Waals surface area contributed by atoms with Crippen LogP contribution in [-0.4, -0.2) is 83.7 Å². The highest BCUT2D eigenvalue weighted by Crippen LogP contribution is 2.29. The number of benzene rings is 1. The lowest BCUT2D eigenvalue weighted by atomic mass is 10.1. The lowest BCUT2D eigenvalue weighted by molar-refractivity contribution is -0.137. The third kappa shape index (κ3) is 7.12. The van der Waals surface area contributed by atoms with Crippen LogP contribution in [0.4, 0.5) is 11.5 Å². The predicted octanol–water partition coefficient (Wildman–Crippen LogP) is 4.39. The number of nitrogens with one attached hydrogen (secondary N) is 3. The second-order valence-electron chi connectivity index (χ2n) is 10.2. The third-order valence-corrected chi connectivity index (χ3v) is 7.32. The van der Waals surface area contributed by atoms with Gasteiger partial charge in [0.2, 0.25) is 5.91 Å². The second kappa shape index (κ2) is 13.2. The van der Waals surface area contributed by atoms with Crippen LogP contribution in [0, 0.1) is 0 Å². The van der Waals surface area contributed by atoms with Gasteiger partial charge in [-0.25, -0.2) is 9.97 Å². The highest BCUT2D eigenvalue weighted by atomic mass is 35.5. The Labute approximate surface area is 239 Å². The number of nitrogens with zero attached hydrogens (tertiary/aromatic N) is 4. The first kappa shape index (κ1) is 27.9. The maximum Gasteiger partial charge on any atom is 0.248 e. The first-order valence-electron chi connectivity index (χ1n) is 13.6. The molecule has 1 aliphatic heterocycles. The summed E-state index contributed by atoms with van der Waals surface area (Å²) in [4.78, 5) is 29.1. The van der Waals surface area contributed by atoms with Crippen molar-refractivity contribution in [2.75, 3.05) is 57.6 Å². The highest BCUT2D eigenvalue weighted by molar-refractivity contribution is 6.30. The second-order valence-corrected chi connectivity index (χ2v) is 10.6. The van der Waals surface area contributed by atoms with Crippen LogP contribution in [-0.2, 0) is 20.8 Å². The molecule has 40 heavy (non-hydrogen) atoms. The van der Waals surface area contributed by atoms with E-state index in [9.17, 15) is 4.79 Å². The molecule has 1 aromatic carbocycles. The van der Waals surface area contributed by atoms with Gasteiger partial charge >= 0.3 is 0 Å². The van der Waals surface area contributed by atoms with Crippen molar-refractivity contribution in [3.05, 3.63) is 71.0 Å². The molecule has 3 heterocycles. The summed E-state index contributed by atoms with van der Waals surface area (Å²) in [6, 6.07) is 7.62. The number of hydrogen-bond donors (Lipinski definition) is 3. The zero-order valence-electron chi connectivity index (χ0n) is 23.0. The van der Waals surface area contributed by atoms with Crippen LogP contribution < -0.4 is 10.6 Å². The molecule has 1 amide bonds. The highest BCUT2D eigenvalue weighted by Gasteiger charge is 2.25. The van der Waals surface area contributed by atoms with E-state index in [1.54, 1.807) is 11.2 Å². The van der Waals surface area contributed by atoms with Crippen LogP contribution in [0.3, 0.4) is 0 Å². The van der Waals surface area contributed by atoms with Gasteiger partial charge in [0.05, 0.1) is 12.0 Å². The summed E-state index contributed by atoms with van der Waals surface area (Å²) in [5.74, 6) is 1.41. The summed E-state index contributed by atoms with van der Waals surface area (Å²) in [5, 5.41) is 8.55. The smallest absolute Gasteiger partial charge is 0.248 e. The van der Waals surface area contributed by atoms with E-state index in [0.717, 1.165) is 66.3 Å². The fourth-order valence-corrected chi connectivity index (χ4v) is 4.97. The van der Waals surface area contributed by atoms with Gasteiger partial charge < -0.3 is 34.9 Å². The summed E-state index contributed by atoms with van der Waals surface area (Å²) in [5.41, 5.74) is 3.85. The van der Waals surface area contributed by atoms with Gasteiger partial charge in [-0.15, -0.1) is 0 Å². The van der Waals surface area contributed by atoms with E-state index in [0.29, 0.717) is 30.4 Å². The molecule has 3 N–H and O–H groups in total. The lowest BCUT2D eigenvalue weighted by Gasteiger charge is -2.27. The van der Waals surface area contributed by atoms with Crippen LogP contribution in [0.5, 0.6) is 0 Å². The minimum absolute atomic E-state index is 0.0111. The van der Waals surface area contributed by atoms with Crippen LogP contribution in [0.15, 0.2) is 60.4 Å². The van der Waals surface area contributed by atoms with Crippen molar-refractivity contribution in [2.24, 2.45) is 0 Å². The third-order valence-electron chi connectivity index (χ3n) is 7.07. The Morgan fingerprint density at radius 3 is 2.88 bits per heavy atom. The number of aromatic nitrogens is 3. The Morgan fingerprint density at radius 2 is 2.02 bits per heavy atom. The van der Waals surface area contributed by atoms with Gasteiger partial charge in [-0.2, -0.15) is 0 Å². The summed E-state index contributed by atoms with van der Waals surface area (Å²) in [6.07, 6.45) is 9.25. The fourth-order valence-electron chi connectivity index (χ4n) is 4.85. The topological polar surface area (TPSA) is 108 Å². The van der Waals surface area contributed by atoms with Gasteiger partial charge in [-0.3, -0.25) is 4.79 Å². The standard InChI is InChI=1S/C29H36ClN7O3/c1-36-12-4-13-37(2)26(38)18-40-25-15-23(35-29-27-20(17-36)16-32-28(27)33-19-34-29)9-10-24(25)39-14-3-11-31-22-7-5-21(30)6-8-22/h5-10,16,19,25,31H,3-4,11-15,17-18H2,1-2H3,(H2,32,33,34,35). The van der Waals surface area contributed by atoms with Gasteiger partial charge in [0.15, 0.2) is 0 Å². The molecule has 1 atom stereocenters. The minimum Gasteiger partial charge on any atom is -0.495 e. The molecule has 3 aromatic rings. The number of H-pyrrole nitrogens is 1. The van der Waals surface area contributed by atoms with Gasteiger partial charge in [0.25, 0.3) is 0 Å². The lowest BCUT2D eigenvalue weighted by Crippen LogP contribution is -2.35. The molecule has 5 rings (SSSR count). The number of hydrogen-bond acceptors (Lipinski definition) is 8. The molecule has 10 nitrogen and oxygen atoms in total. The molecule has 0 saturated carbocycles. The zero-order chi connectivity index (χ0) is 27.9. The van der Waals surface area contributed by atoms with E-state index < -0.39 is 6.10 Å². The number of likely N-dealkylation sites (N-methyl/N-ethyl adjacent to an activating group) is 1. The summed E-state index contributed by atoms with van der Waals surface area (Å²) >= 11 is 5.96. The molecule has 0 fully saturated rings. The van der Waals surface area contributed by atoms with E-state index in [2.05, 4.69) is 37.5 Å². The Hall–Kier alpha value is -3.60. The Kier molecular flexibility index (Phi) is 9.20. The normalized spacial score (nSPS) is 19.1. The fraction of sp³-hybridized carbons (Fsp3) is 0.414. The Morgan fingerprint density at radius 1 is 1.18 bits per heavy atom. The van der Waals surface area contributed by atoms with Crippen LogP contribution in [0.2, 0.25) is 5.02 Å². The molecule has 2 bridgehead atoms. The monoisotopic (exact) mass is 565 g/mol. The van der Waals surface area contributed by atoms with Crippen LogP contribution in [0.1, 0.15) is 24.8 Å². The molecule has 2 aliphatic rings. The zero-order valence-corrected chi connectivity index (χ0v) is 23.7. The first-order chi connectivity index (χ1) is 19.5. The number of carbonyl (C=O) groups excluding carboxylic acids is 1. The number of amides is 1. The molecule has 0 radical (unpaired) electrons. The van der Waals surface area contributed by atoms with Crippen molar-refractivity contribution in [1.29, 1.82) is 0 Å². The average molecular weight is 566 g/mol. The minimum atomic E-state index is -0.392. The number of carbonyl (C=O) groups is 1. The van der Waals surface area contributed by atoms with Gasteiger partial charge in [-0.05, 0) is 68.4 Å². The van der Waals surface area contributed by atoms with Crippen molar-refractivity contribution in [1.82, 2.24) is 24.8 Å². The van der Waals surface area contributed by atoms with Gasteiger partial charge in [0, 0.05) is 55.7 Å². The largest absolute Gasteiger partial charge is 0.495 e. The van der Waals surface area contributed by atoms with E-state index >= 15 is 0 Å². The maximum atomic E-state index is 12.8. The Bertz CT molecular complexity index is 1370. The average Bonchev–Trinajstić information content (AvgIpc) is 3.36. The summed E-state index contributed by atoms with van der Waals surface area (Å²) in [7, 11) is 3.91. The Balaban J connectivity index is 1.30. The number of ether oxygens (including phenoxy) is 2. The number of halogens is 1. The van der Waals surface area contributed by atoms with E-state index in [4.69, 9.17) is 21.1 Å². The molecular formula is C29H36ClN7O3. The molecule has 212 valence electrons. The molecular weight excluding hydrogens is 530 g/mol. The SMILES string of the molecule is CN1CCCN(C)C(=O)COC2CC(=CC=C2OCCCNc2ccc(Cl)cc2)Nc2ncnc3[nH]cc(c23)C1. The molecule has 0 spiro atoms. The first-order valence-corrected chi connectivity index (χ1v) is 14.0. The number of anilines is 2. The molecule has 11 heteroatoms. The number of allylic oxidation sites excluding steroid dienone is 2. The summed E-state index contributed by atoms with van der Waals surface area (Å²) in [6.45, 7) is 3.51. The van der Waals surface area contributed by atoms with Crippen molar-refractivity contribution >= 4 is 40.0 Å². The van der Waals surface area contributed by atoms with Crippen LogP contribution in [0.25, 0.3) is 11.0 Å². The van der Waals surface area contributed by atoms with Gasteiger partial charge in [0.1, 0.15) is 36.3 Å². The van der Waals surface area contributed by atoms with Gasteiger partial charge in [-0.1, -0.05) is 11.6 Å². The number of rotatable bonds is 6. The summed E-state index contributed by atoms with van der Waals surface area (Å²) < 4.78 is 12.3. The van der Waals surface area contributed by atoms with Crippen molar-refractivity contribution < 1.29 is 14.3 Å². The maximum absolute atomic E-state index is 12.8. The molecule has 2 aromatic heterocycles. The molecule has 1 unspecified atom stereocenters. The van der Waals surface area contributed by atoms with E-state index in [1.165, 1.54) is 0 Å². The quantitative estimate of drug-likeness (QED) is 0.378. The number of fused-ring (bicyclic) bond motifs is 2. The van der Waals surface area contributed by atoms with E-state index in [1.807, 2.05) is 49.7 Å². The van der Waals surface area contributed by atoms with Crippen molar-refractivity contribution in [2.45, 2.75) is 31.9 Å². The molecule has 1 aliphatic carbocycles. The van der Waals surface area contributed by atoms with Crippen LogP contribution >= 0.6 is 11.6 Å². The predicted molar refractivity (Wildman–Crippen MR) is 157 cm³/mol. The van der Waals surface area contributed by atoms with Crippen molar-refractivity contribution in [3.63, 3.8) is 0 Å². The molecule has 0 saturated heterocycles. The van der Waals surface area contributed by atoms with Crippen molar-refractivity contribution in [3.8, 4) is 0 Å².